The van der Waals surface area contributed by atoms with Crippen molar-refractivity contribution in [3.63, 3.8) is 0 Å². The van der Waals surface area contributed by atoms with E-state index in [0.717, 1.165) is 16.9 Å². The zero-order valence-electron chi connectivity index (χ0n) is 9.88. The Hall–Kier alpha value is -2.00. The first-order valence-corrected chi connectivity index (χ1v) is 6.56. The van der Waals surface area contributed by atoms with Crippen LogP contribution >= 0.6 is 11.3 Å². The zero-order chi connectivity index (χ0) is 12.5. The lowest BCUT2D eigenvalue weighted by Crippen LogP contribution is -1.81. The molecule has 0 unspecified atom stereocenters. The first-order chi connectivity index (χ1) is 8.76. The Morgan fingerprint density at radius 2 is 1.89 bits per heavy atom. The third-order valence-electron chi connectivity index (χ3n) is 2.89. The van der Waals surface area contributed by atoms with Crippen molar-refractivity contribution >= 4 is 28.4 Å². The SMILES string of the molecule is Cc1ccc2cc(-c3nc(C=O)cs3)ccc2c1. The van der Waals surface area contributed by atoms with E-state index in [2.05, 4.69) is 48.3 Å². The molecule has 1 aromatic heterocycles. The van der Waals surface area contributed by atoms with Gasteiger partial charge in [-0.1, -0.05) is 35.9 Å². The minimum absolute atomic E-state index is 0.499. The van der Waals surface area contributed by atoms with Crippen molar-refractivity contribution in [2.75, 3.05) is 0 Å². The first kappa shape index (κ1) is 11.1. The van der Waals surface area contributed by atoms with Gasteiger partial charge in [0.15, 0.2) is 6.29 Å². The van der Waals surface area contributed by atoms with Gasteiger partial charge in [0.1, 0.15) is 10.7 Å². The number of aryl methyl sites for hydroxylation is 1. The molecule has 2 nitrogen and oxygen atoms in total. The Labute approximate surface area is 109 Å². The van der Waals surface area contributed by atoms with Crippen LogP contribution in [-0.4, -0.2) is 11.3 Å². The van der Waals surface area contributed by atoms with Gasteiger partial charge in [-0.15, -0.1) is 11.3 Å². The summed E-state index contributed by atoms with van der Waals surface area (Å²) in [5.41, 5.74) is 2.82. The molecule has 0 radical (unpaired) electrons. The number of hydrogen-bond acceptors (Lipinski definition) is 3. The van der Waals surface area contributed by atoms with E-state index >= 15 is 0 Å². The van der Waals surface area contributed by atoms with Gasteiger partial charge >= 0.3 is 0 Å². The Morgan fingerprint density at radius 1 is 1.11 bits per heavy atom. The largest absolute Gasteiger partial charge is 0.296 e. The van der Waals surface area contributed by atoms with Crippen molar-refractivity contribution in [1.29, 1.82) is 0 Å². The smallest absolute Gasteiger partial charge is 0.169 e. The molecule has 0 fully saturated rings. The molecule has 0 aliphatic heterocycles. The Bertz CT molecular complexity index is 730. The van der Waals surface area contributed by atoms with Crippen LogP contribution in [0, 0.1) is 6.92 Å². The van der Waals surface area contributed by atoms with E-state index in [-0.39, 0.29) is 0 Å². The van der Waals surface area contributed by atoms with Crippen LogP contribution in [0.3, 0.4) is 0 Å². The maximum Gasteiger partial charge on any atom is 0.169 e. The van der Waals surface area contributed by atoms with Crippen molar-refractivity contribution in [3.8, 4) is 10.6 Å². The summed E-state index contributed by atoms with van der Waals surface area (Å²) in [7, 11) is 0. The van der Waals surface area contributed by atoms with Crippen LogP contribution in [0.15, 0.2) is 41.8 Å². The van der Waals surface area contributed by atoms with Gasteiger partial charge in [0.25, 0.3) is 0 Å². The number of nitrogens with zero attached hydrogens (tertiary/aromatic N) is 1. The molecule has 0 aliphatic carbocycles. The summed E-state index contributed by atoms with van der Waals surface area (Å²) in [6.07, 6.45) is 0.782. The van der Waals surface area contributed by atoms with Gasteiger partial charge in [0.2, 0.25) is 0 Å². The molecule has 18 heavy (non-hydrogen) atoms. The molecular formula is C15H11NOS. The highest BCUT2D eigenvalue weighted by molar-refractivity contribution is 7.13. The standard InChI is InChI=1S/C15H11NOS/c1-10-2-3-12-7-13(5-4-11(12)6-10)15-16-14(8-17)9-18-15/h2-9H,1H3. The van der Waals surface area contributed by atoms with Crippen LogP contribution in [-0.2, 0) is 0 Å². The van der Waals surface area contributed by atoms with Gasteiger partial charge in [-0.2, -0.15) is 0 Å². The average molecular weight is 253 g/mol. The van der Waals surface area contributed by atoms with E-state index in [1.165, 1.54) is 27.7 Å². The lowest BCUT2D eigenvalue weighted by atomic mass is 10.1. The molecule has 0 atom stereocenters. The predicted molar refractivity (Wildman–Crippen MR) is 75.2 cm³/mol. The lowest BCUT2D eigenvalue weighted by molar-refractivity contribution is 0.111. The molecule has 3 aromatic rings. The fraction of sp³-hybridized carbons (Fsp3) is 0.0667. The number of aldehydes is 1. The minimum atomic E-state index is 0.499. The summed E-state index contributed by atoms with van der Waals surface area (Å²) in [5, 5.41) is 5.09. The molecule has 3 heteroatoms. The van der Waals surface area contributed by atoms with E-state index in [0.29, 0.717) is 5.69 Å². The van der Waals surface area contributed by atoms with Gasteiger partial charge in [-0.25, -0.2) is 4.98 Å². The normalized spacial score (nSPS) is 10.7. The second kappa shape index (κ2) is 4.35. The number of thiazole rings is 1. The van der Waals surface area contributed by atoms with Crippen LogP contribution in [0.25, 0.3) is 21.3 Å². The van der Waals surface area contributed by atoms with Crippen LogP contribution in [0.2, 0.25) is 0 Å². The van der Waals surface area contributed by atoms with E-state index in [1.54, 1.807) is 5.38 Å². The summed E-state index contributed by atoms with van der Waals surface area (Å²) in [6.45, 7) is 2.09. The van der Waals surface area contributed by atoms with E-state index < -0.39 is 0 Å². The molecule has 2 aromatic carbocycles. The quantitative estimate of drug-likeness (QED) is 0.644. The Morgan fingerprint density at radius 3 is 2.67 bits per heavy atom. The van der Waals surface area contributed by atoms with Gasteiger partial charge in [-0.05, 0) is 23.8 Å². The van der Waals surface area contributed by atoms with E-state index in [1.807, 2.05) is 0 Å². The fourth-order valence-electron chi connectivity index (χ4n) is 1.97. The number of aromatic nitrogens is 1. The third-order valence-corrected chi connectivity index (χ3v) is 3.79. The molecule has 0 amide bonds. The van der Waals surface area contributed by atoms with Gasteiger partial charge in [0, 0.05) is 10.9 Å². The molecular weight excluding hydrogens is 242 g/mol. The van der Waals surface area contributed by atoms with E-state index in [9.17, 15) is 4.79 Å². The topological polar surface area (TPSA) is 30.0 Å². The summed E-state index contributed by atoms with van der Waals surface area (Å²) < 4.78 is 0. The monoisotopic (exact) mass is 253 g/mol. The molecule has 88 valence electrons. The minimum Gasteiger partial charge on any atom is -0.296 e. The maximum atomic E-state index is 10.6. The maximum absolute atomic E-state index is 10.6. The van der Waals surface area contributed by atoms with Crippen molar-refractivity contribution in [1.82, 2.24) is 4.98 Å². The van der Waals surface area contributed by atoms with Crippen molar-refractivity contribution < 1.29 is 4.79 Å². The molecule has 0 saturated heterocycles. The molecule has 0 N–H and O–H groups in total. The second-order valence-electron chi connectivity index (χ2n) is 4.26. The number of fused-ring (bicyclic) bond motifs is 1. The van der Waals surface area contributed by atoms with Crippen LogP contribution in [0.1, 0.15) is 16.1 Å². The predicted octanol–water partition coefficient (Wildman–Crippen LogP) is 4.08. The van der Waals surface area contributed by atoms with Crippen molar-refractivity contribution in [2.24, 2.45) is 0 Å². The molecule has 3 rings (SSSR count). The molecule has 0 aliphatic rings. The average Bonchev–Trinajstić information content (AvgIpc) is 2.87. The second-order valence-corrected chi connectivity index (χ2v) is 5.12. The molecule has 0 spiro atoms. The summed E-state index contributed by atoms with van der Waals surface area (Å²) in [4.78, 5) is 14.9. The fourth-order valence-corrected chi connectivity index (χ4v) is 2.73. The first-order valence-electron chi connectivity index (χ1n) is 5.68. The van der Waals surface area contributed by atoms with Crippen molar-refractivity contribution in [2.45, 2.75) is 6.92 Å². The lowest BCUT2D eigenvalue weighted by Gasteiger charge is -2.02. The highest BCUT2D eigenvalue weighted by Crippen LogP contribution is 2.27. The van der Waals surface area contributed by atoms with Gasteiger partial charge < -0.3 is 0 Å². The number of benzene rings is 2. The van der Waals surface area contributed by atoms with Crippen LogP contribution < -0.4 is 0 Å². The number of rotatable bonds is 2. The van der Waals surface area contributed by atoms with E-state index in [4.69, 9.17) is 0 Å². The summed E-state index contributed by atoms with van der Waals surface area (Å²) in [6, 6.07) is 12.6. The highest BCUT2D eigenvalue weighted by Gasteiger charge is 2.05. The Balaban J connectivity index is 2.12. The molecule has 1 heterocycles. The number of carbonyl (C=O) groups is 1. The van der Waals surface area contributed by atoms with Crippen LogP contribution in [0.5, 0.6) is 0 Å². The Kier molecular flexibility index (Phi) is 2.68. The number of carbonyl (C=O) groups excluding carboxylic acids is 1. The summed E-state index contributed by atoms with van der Waals surface area (Å²) in [5.74, 6) is 0. The summed E-state index contributed by atoms with van der Waals surface area (Å²) >= 11 is 1.50. The molecule has 0 saturated carbocycles. The molecule has 0 bridgehead atoms. The van der Waals surface area contributed by atoms with Gasteiger partial charge in [-0.3, -0.25) is 4.79 Å². The van der Waals surface area contributed by atoms with Gasteiger partial charge in [0.05, 0.1) is 0 Å². The van der Waals surface area contributed by atoms with Crippen molar-refractivity contribution in [3.05, 3.63) is 53.0 Å². The number of hydrogen-bond donors (Lipinski definition) is 0. The third kappa shape index (κ3) is 1.93. The highest BCUT2D eigenvalue weighted by atomic mass is 32.1. The zero-order valence-corrected chi connectivity index (χ0v) is 10.7. The van der Waals surface area contributed by atoms with Crippen LogP contribution in [0.4, 0.5) is 0 Å².